The lowest BCUT2D eigenvalue weighted by Crippen LogP contribution is -2.03. The van der Waals surface area contributed by atoms with Crippen molar-refractivity contribution in [3.8, 4) is 0 Å². The third-order valence-corrected chi connectivity index (χ3v) is 1.66. The molecule has 0 spiro atoms. The molecular formula is C13H22O10. The van der Waals surface area contributed by atoms with E-state index < -0.39 is 30.0 Å². The van der Waals surface area contributed by atoms with Crippen LogP contribution < -0.4 is 0 Å². The zero-order valence-electron chi connectivity index (χ0n) is 12.6. The largest absolute Gasteiger partial charge is 0.481 e. The minimum Gasteiger partial charge on any atom is -0.481 e. The average molecular weight is 338 g/mol. The Bertz CT molecular complexity index is 354. The highest BCUT2D eigenvalue weighted by atomic mass is 16.4. The second-order valence-corrected chi connectivity index (χ2v) is 4.04. The van der Waals surface area contributed by atoms with Crippen LogP contribution in [-0.4, -0.2) is 67.2 Å². The van der Waals surface area contributed by atoms with Gasteiger partial charge in [-0.25, -0.2) is 9.59 Å². The van der Waals surface area contributed by atoms with Crippen molar-refractivity contribution >= 4 is 23.9 Å². The molecule has 0 radical (unpaired) electrons. The van der Waals surface area contributed by atoms with E-state index in [1.807, 2.05) is 0 Å². The first-order valence-corrected chi connectivity index (χ1v) is 6.39. The molecular weight excluding hydrogens is 316 g/mol. The van der Waals surface area contributed by atoms with Crippen LogP contribution in [0.15, 0.2) is 12.2 Å². The van der Waals surface area contributed by atoms with Crippen molar-refractivity contribution in [1.82, 2.24) is 0 Å². The maximum atomic E-state index is 9.90. The Morgan fingerprint density at radius 2 is 1.09 bits per heavy atom. The Labute approximate surface area is 132 Å². The predicted molar refractivity (Wildman–Crippen MR) is 76.9 cm³/mol. The maximum absolute atomic E-state index is 9.90. The van der Waals surface area contributed by atoms with E-state index in [1.54, 1.807) is 0 Å². The van der Waals surface area contributed by atoms with Gasteiger partial charge in [0, 0.05) is 25.0 Å². The SMILES string of the molecule is CC(O)CO.O=C(O)C=CC(=O)O.O=C(O)CCCCC(=O)O. The van der Waals surface area contributed by atoms with Crippen LogP contribution in [0.3, 0.4) is 0 Å². The zero-order chi connectivity index (χ0) is 18.8. The van der Waals surface area contributed by atoms with Crippen molar-refractivity contribution < 1.29 is 49.8 Å². The van der Waals surface area contributed by atoms with E-state index in [9.17, 15) is 19.2 Å². The van der Waals surface area contributed by atoms with E-state index in [-0.39, 0.29) is 19.4 Å². The van der Waals surface area contributed by atoms with Crippen LogP contribution in [0.25, 0.3) is 0 Å². The highest BCUT2D eigenvalue weighted by Crippen LogP contribution is 1.98. The van der Waals surface area contributed by atoms with Crippen molar-refractivity contribution in [1.29, 1.82) is 0 Å². The number of rotatable bonds is 8. The Morgan fingerprint density at radius 1 is 0.826 bits per heavy atom. The molecule has 0 bridgehead atoms. The number of hydrogen-bond acceptors (Lipinski definition) is 6. The average Bonchev–Trinajstić information content (AvgIpc) is 2.42. The Morgan fingerprint density at radius 3 is 1.22 bits per heavy atom. The number of carbonyl (C=O) groups is 4. The number of aliphatic hydroxyl groups is 2. The predicted octanol–water partition coefficient (Wildman–Crippen LogP) is -0.213. The van der Waals surface area contributed by atoms with Crippen LogP contribution in [0.1, 0.15) is 32.6 Å². The van der Waals surface area contributed by atoms with Gasteiger partial charge in [-0.15, -0.1) is 0 Å². The molecule has 0 amide bonds. The summed E-state index contributed by atoms with van der Waals surface area (Å²) >= 11 is 0. The van der Waals surface area contributed by atoms with Crippen LogP contribution in [0.4, 0.5) is 0 Å². The van der Waals surface area contributed by atoms with Crippen LogP contribution in [0, 0.1) is 0 Å². The molecule has 134 valence electrons. The quantitative estimate of drug-likeness (QED) is 0.255. The van der Waals surface area contributed by atoms with E-state index in [0.29, 0.717) is 25.0 Å². The number of hydrogen-bond donors (Lipinski definition) is 6. The van der Waals surface area contributed by atoms with E-state index >= 15 is 0 Å². The normalized spacial score (nSPS) is 10.6. The monoisotopic (exact) mass is 338 g/mol. The van der Waals surface area contributed by atoms with E-state index in [2.05, 4.69) is 0 Å². The molecule has 0 saturated carbocycles. The number of aliphatic carboxylic acids is 4. The summed E-state index contributed by atoms with van der Waals surface area (Å²) in [7, 11) is 0. The van der Waals surface area contributed by atoms with Crippen LogP contribution >= 0.6 is 0 Å². The molecule has 0 fully saturated rings. The molecule has 10 heteroatoms. The van der Waals surface area contributed by atoms with Gasteiger partial charge in [-0.1, -0.05) is 0 Å². The van der Waals surface area contributed by atoms with Gasteiger partial charge in [-0.05, 0) is 19.8 Å². The van der Waals surface area contributed by atoms with Gasteiger partial charge in [-0.3, -0.25) is 9.59 Å². The van der Waals surface area contributed by atoms with Gasteiger partial charge in [0.15, 0.2) is 0 Å². The molecule has 0 aromatic carbocycles. The summed E-state index contributed by atoms with van der Waals surface area (Å²) < 4.78 is 0. The summed E-state index contributed by atoms with van der Waals surface area (Å²) in [6.45, 7) is 1.39. The van der Waals surface area contributed by atoms with Gasteiger partial charge in [0.1, 0.15) is 0 Å². The third-order valence-electron chi connectivity index (χ3n) is 1.66. The summed E-state index contributed by atoms with van der Waals surface area (Å²) in [4.78, 5) is 38.9. The van der Waals surface area contributed by atoms with Crippen LogP contribution in [0.2, 0.25) is 0 Å². The standard InChI is InChI=1S/C6H10O4.C4H4O4.C3H8O2/c7-5(8)3-1-2-4-6(9)10;5-3(6)1-2-4(7)8;1-3(5)2-4/h1-4H2,(H,7,8)(H,9,10);1-2H,(H,5,6)(H,7,8);3-5H,2H2,1H3. The Hall–Kier alpha value is -2.46. The number of carboxylic acids is 4. The first-order valence-electron chi connectivity index (χ1n) is 6.39. The summed E-state index contributed by atoms with van der Waals surface area (Å²) in [5.41, 5.74) is 0. The summed E-state index contributed by atoms with van der Waals surface area (Å²) in [6.07, 6.45) is 1.57. The molecule has 0 aliphatic carbocycles. The lowest BCUT2D eigenvalue weighted by atomic mass is 10.2. The van der Waals surface area contributed by atoms with Crippen molar-refractivity contribution in [3.63, 3.8) is 0 Å². The highest BCUT2D eigenvalue weighted by molar-refractivity contribution is 5.89. The van der Waals surface area contributed by atoms with E-state index in [0.717, 1.165) is 0 Å². The molecule has 0 aliphatic heterocycles. The second-order valence-electron chi connectivity index (χ2n) is 4.04. The zero-order valence-corrected chi connectivity index (χ0v) is 12.6. The lowest BCUT2D eigenvalue weighted by molar-refractivity contribution is -0.139. The van der Waals surface area contributed by atoms with Crippen molar-refractivity contribution in [2.24, 2.45) is 0 Å². The summed E-state index contributed by atoms with van der Waals surface area (Å²) in [6, 6.07) is 0. The fourth-order valence-electron chi connectivity index (χ4n) is 0.695. The van der Waals surface area contributed by atoms with Gasteiger partial charge in [-0.2, -0.15) is 0 Å². The molecule has 0 rings (SSSR count). The summed E-state index contributed by atoms with van der Waals surface area (Å²) in [5.74, 6) is -4.25. The van der Waals surface area contributed by atoms with Gasteiger partial charge < -0.3 is 30.6 Å². The molecule has 1 unspecified atom stereocenters. The van der Waals surface area contributed by atoms with Gasteiger partial charge in [0.25, 0.3) is 0 Å². The first-order chi connectivity index (χ1) is 10.5. The van der Waals surface area contributed by atoms with Crippen molar-refractivity contribution in [3.05, 3.63) is 12.2 Å². The Kier molecular flexibility index (Phi) is 19.5. The Balaban J connectivity index is -0.000000276. The van der Waals surface area contributed by atoms with Gasteiger partial charge >= 0.3 is 23.9 Å². The number of carboxylic acid groups (broad SMARTS) is 4. The number of unbranched alkanes of at least 4 members (excludes halogenated alkanes) is 1. The van der Waals surface area contributed by atoms with Crippen LogP contribution in [-0.2, 0) is 19.2 Å². The van der Waals surface area contributed by atoms with E-state index in [4.69, 9.17) is 30.6 Å². The topological polar surface area (TPSA) is 190 Å². The molecule has 0 aromatic heterocycles. The molecule has 10 nitrogen and oxygen atoms in total. The van der Waals surface area contributed by atoms with Gasteiger partial charge in [0.2, 0.25) is 0 Å². The first kappa shape index (κ1) is 25.5. The second kappa shape index (κ2) is 17.6. The molecule has 6 N–H and O–H groups in total. The maximum Gasteiger partial charge on any atom is 0.328 e. The molecule has 0 aliphatic rings. The molecule has 0 saturated heterocycles. The fourth-order valence-corrected chi connectivity index (χ4v) is 0.695. The van der Waals surface area contributed by atoms with Crippen LogP contribution in [0.5, 0.6) is 0 Å². The molecule has 23 heavy (non-hydrogen) atoms. The van der Waals surface area contributed by atoms with Gasteiger partial charge in [0.05, 0.1) is 12.7 Å². The minimum absolute atomic E-state index is 0.0628. The van der Waals surface area contributed by atoms with Crippen molar-refractivity contribution in [2.45, 2.75) is 38.7 Å². The minimum atomic E-state index is -1.26. The van der Waals surface area contributed by atoms with E-state index in [1.165, 1.54) is 6.92 Å². The molecule has 0 aromatic rings. The fraction of sp³-hybridized carbons (Fsp3) is 0.538. The number of aliphatic hydroxyl groups excluding tert-OH is 2. The third kappa shape index (κ3) is 45.1. The summed E-state index contributed by atoms with van der Waals surface area (Å²) in [5, 5.41) is 47.9. The lowest BCUT2D eigenvalue weighted by Gasteiger charge is -1.92. The molecule has 1 atom stereocenters. The highest BCUT2D eigenvalue weighted by Gasteiger charge is 1.99. The molecule has 0 heterocycles. The van der Waals surface area contributed by atoms with Crippen molar-refractivity contribution in [2.75, 3.05) is 6.61 Å². The smallest absolute Gasteiger partial charge is 0.328 e.